The minimum absolute atomic E-state index is 0.807. The van der Waals surface area contributed by atoms with Gasteiger partial charge in [-0.15, -0.1) is 0 Å². The minimum Gasteiger partial charge on any atom is -0.298 e. The van der Waals surface area contributed by atoms with Crippen molar-refractivity contribution in [1.82, 2.24) is 9.80 Å². The molecule has 4 rings (SSSR count). The van der Waals surface area contributed by atoms with E-state index >= 15 is 0 Å². The van der Waals surface area contributed by atoms with Crippen molar-refractivity contribution in [2.24, 2.45) is 5.92 Å². The van der Waals surface area contributed by atoms with Crippen molar-refractivity contribution in [3.05, 3.63) is 34.9 Å². The Morgan fingerprint density at radius 3 is 2.58 bits per heavy atom. The third-order valence-electron chi connectivity index (χ3n) is 6.92. The third kappa shape index (κ3) is 3.28. The highest BCUT2D eigenvalue weighted by atomic mass is 15.3. The van der Waals surface area contributed by atoms with Crippen LogP contribution in [0.4, 0.5) is 0 Å². The summed E-state index contributed by atoms with van der Waals surface area (Å²) in [5, 5.41) is 0. The van der Waals surface area contributed by atoms with Crippen LogP contribution in [0.25, 0.3) is 0 Å². The van der Waals surface area contributed by atoms with Gasteiger partial charge >= 0.3 is 0 Å². The average Bonchev–Trinajstić information content (AvgIpc) is 3.07. The van der Waals surface area contributed by atoms with Crippen molar-refractivity contribution in [3.8, 4) is 0 Å². The predicted molar refractivity (Wildman–Crippen MR) is 101 cm³/mol. The van der Waals surface area contributed by atoms with Crippen LogP contribution < -0.4 is 0 Å². The van der Waals surface area contributed by atoms with Crippen LogP contribution in [0.15, 0.2) is 18.2 Å². The highest BCUT2D eigenvalue weighted by molar-refractivity contribution is 5.30. The van der Waals surface area contributed by atoms with Crippen molar-refractivity contribution in [2.45, 2.75) is 77.4 Å². The SMILES string of the molecule is Cc1ccc(C)c(CN2CCN3CCC[C@@H]3[C@H]2C2CCCCC2)c1. The molecule has 2 saturated heterocycles. The van der Waals surface area contributed by atoms with Gasteiger partial charge in [0.1, 0.15) is 0 Å². The summed E-state index contributed by atoms with van der Waals surface area (Å²) in [4.78, 5) is 5.70. The van der Waals surface area contributed by atoms with E-state index in [1.165, 1.54) is 82.3 Å². The number of hydrogen-bond donors (Lipinski definition) is 0. The number of nitrogens with zero attached hydrogens (tertiary/aromatic N) is 2. The first-order chi connectivity index (χ1) is 11.7. The smallest absolute Gasteiger partial charge is 0.0283 e. The predicted octanol–water partition coefficient (Wildman–Crippen LogP) is 4.53. The summed E-state index contributed by atoms with van der Waals surface area (Å²) in [5.74, 6) is 0.940. The number of hydrogen-bond acceptors (Lipinski definition) is 2. The topological polar surface area (TPSA) is 6.48 Å². The zero-order chi connectivity index (χ0) is 16.5. The number of aryl methyl sites for hydroxylation is 2. The van der Waals surface area contributed by atoms with Crippen molar-refractivity contribution in [3.63, 3.8) is 0 Å². The average molecular weight is 327 g/mol. The van der Waals surface area contributed by atoms with Crippen molar-refractivity contribution in [1.29, 1.82) is 0 Å². The lowest BCUT2D eigenvalue weighted by molar-refractivity contribution is -0.00389. The van der Waals surface area contributed by atoms with Gasteiger partial charge in [0.25, 0.3) is 0 Å². The molecule has 0 N–H and O–H groups in total. The van der Waals surface area contributed by atoms with E-state index in [1.54, 1.807) is 5.56 Å². The van der Waals surface area contributed by atoms with Gasteiger partial charge < -0.3 is 0 Å². The highest BCUT2D eigenvalue weighted by Crippen LogP contribution is 2.38. The largest absolute Gasteiger partial charge is 0.298 e. The van der Waals surface area contributed by atoms with Crippen molar-refractivity contribution >= 4 is 0 Å². The van der Waals surface area contributed by atoms with Crippen LogP contribution in [0.2, 0.25) is 0 Å². The Morgan fingerprint density at radius 2 is 1.75 bits per heavy atom. The molecule has 3 fully saturated rings. The maximum Gasteiger partial charge on any atom is 0.0283 e. The molecule has 132 valence electrons. The lowest BCUT2D eigenvalue weighted by atomic mass is 9.78. The standard InChI is InChI=1S/C22H34N2/c1-17-10-11-18(2)20(15-17)16-24-14-13-23-12-6-9-21(23)22(24)19-7-4-3-5-8-19/h10-11,15,19,21-22H,3-9,12-14,16H2,1-2H3/t21-,22-/m1/s1. The van der Waals surface area contributed by atoms with Crippen LogP contribution in [0.5, 0.6) is 0 Å². The van der Waals surface area contributed by atoms with Crippen LogP contribution in [-0.2, 0) is 6.54 Å². The molecule has 2 heterocycles. The van der Waals surface area contributed by atoms with Gasteiger partial charge in [-0.2, -0.15) is 0 Å². The van der Waals surface area contributed by atoms with Gasteiger partial charge in [0.2, 0.25) is 0 Å². The molecular weight excluding hydrogens is 292 g/mol. The van der Waals surface area contributed by atoms with Crippen LogP contribution in [-0.4, -0.2) is 41.5 Å². The van der Waals surface area contributed by atoms with Crippen LogP contribution in [0.1, 0.15) is 61.6 Å². The molecule has 2 atom stereocenters. The van der Waals surface area contributed by atoms with E-state index in [9.17, 15) is 0 Å². The van der Waals surface area contributed by atoms with E-state index < -0.39 is 0 Å². The lowest BCUT2D eigenvalue weighted by Crippen LogP contribution is -2.59. The Labute approximate surface area is 148 Å². The van der Waals surface area contributed by atoms with E-state index in [4.69, 9.17) is 0 Å². The summed E-state index contributed by atoms with van der Waals surface area (Å²) < 4.78 is 0. The molecule has 0 aromatic heterocycles. The molecule has 3 aliphatic rings. The summed E-state index contributed by atoms with van der Waals surface area (Å²) in [5.41, 5.74) is 4.43. The van der Waals surface area contributed by atoms with E-state index in [0.717, 1.165) is 18.0 Å². The summed E-state index contributed by atoms with van der Waals surface area (Å²) in [6, 6.07) is 8.64. The van der Waals surface area contributed by atoms with Crippen LogP contribution >= 0.6 is 0 Å². The number of rotatable bonds is 3. The molecule has 1 saturated carbocycles. The summed E-state index contributed by atoms with van der Waals surface area (Å²) in [6.07, 6.45) is 10.2. The zero-order valence-electron chi connectivity index (χ0n) is 15.6. The fourth-order valence-corrected chi connectivity index (χ4v) is 5.63. The monoisotopic (exact) mass is 326 g/mol. The van der Waals surface area contributed by atoms with E-state index in [-0.39, 0.29) is 0 Å². The third-order valence-corrected chi connectivity index (χ3v) is 6.92. The number of fused-ring (bicyclic) bond motifs is 1. The van der Waals surface area contributed by atoms with Gasteiger partial charge in [-0.1, -0.05) is 43.0 Å². The van der Waals surface area contributed by atoms with E-state index in [2.05, 4.69) is 41.8 Å². The van der Waals surface area contributed by atoms with Gasteiger partial charge in [0.15, 0.2) is 0 Å². The van der Waals surface area contributed by atoms with Gasteiger partial charge in [-0.05, 0) is 63.1 Å². The van der Waals surface area contributed by atoms with E-state index in [0.29, 0.717) is 0 Å². The summed E-state index contributed by atoms with van der Waals surface area (Å²) in [7, 11) is 0. The molecule has 1 aliphatic carbocycles. The molecule has 2 heteroatoms. The molecule has 0 bridgehead atoms. The Balaban J connectivity index is 1.58. The van der Waals surface area contributed by atoms with Gasteiger partial charge in [-0.3, -0.25) is 9.80 Å². The van der Waals surface area contributed by atoms with Crippen molar-refractivity contribution in [2.75, 3.05) is 19.6 Å². The Kier molecular flexibility index (Phi) is 4.96. The normalized spacial score (nSPS) is 29.8. The molecule has 0 amide bonds. The molecular formula is C22H34N2. The van der Waals surface area contributed by atoms with Crippen LogP contribution in [0.3, 0.4) is 0 Å². The number of piperazine rings is 1. The lowest BCUT2D eigenvalue weighted by Gasteiger charge is -2.49. The minimum atomic E-state index is 0.807. The fraction of sp³-hybridized carbons (Fsp3) is 0.727. The van der Waals surface area contributed by atoms with Crippen molar-refractivity contribution < 1.29 is 0 Å². The van der Waals surface area contributed by atoms with Gasteiger partial charge in [0, 0.05) is 31.7 Å². The number of benzene rings is 1. The van der Waals surface area contributed by atoms with E-state index in [1.807, 2.05) is 0 Å². The second-order valence-corrected chi connectivity index (χ2v) is 8.53. The van der Waals surface area contributed by atoms with Gasteiger partial charge in [0.05, 0.1) is 0 Å². The second kappa shape index (κ2) is 7.17. The first kappa shape index (κ1) is 16.6. The maximum absolute atomic E-state index is 2.88. The van der Waals surface area contributed by atoms with Crippen LogP contribution in [0, 0.1) is 19.8 Å². The molecule has 1 aromatic rings. The Bertz CT molecular complexity index is 561. The molecule has 2 nitrogen and oxygen atoms in total. The summed E-state index contributed by atoms with van der Waals surface area (Å²) in [6.45, 7) is 9.60. The maximum atomic E-state index is 2.88. The molecule has 0 unspecified atom stereocenters. The summed E-state index contributed by atoms with van der Waals surface area (Å²) >= 11 is 0. The Morgan fingerprint density at radius 1 is 0.917 bits per heavy atom. The van der Waals surface area contributed by atoms with Gasteiger partial charge in [-0.25, -0.2) is 0 Å². The fourth-order valence-electron chi connectivity index (χ4n) is 5.63. The molecule has 1 aromatic carbocycles. The molecule has 0 radical (unpaired) electrons. The highest BCUT2D eigenvalue weighted by Gasteiger charge is 2.42. The first-order valence-corrected chi connectivity index (χ1v) is 10.3. The zero-order valence-corrected chi connectivity index (χ0v) is 15.6. The first-order valence-electron chi connectivity index (χ1n) is 10.3. The molecule has 2 aliphatic heterocycles. The second-order valence-electron chi connectivity index (χ2n) is 8.53. The quantitative estimate of drug-likeness (QED) is 0.805. The Hall–Kier alpha value is -0.860. The molecule has 0 spiro atoms. The molecule has 24 heavy (non-hydrogen) atoms.